The standard InChI is InChI=1S/C21H26N2O/c1-4-14-22-16(2)15-21(19-12-8-9-13-20(19)22)23(17(3)24)18-10-6-5-7-11-18/h5-13,16,21H,4,14-15H2,1-3H3. The van der Waals surface area contributed by atoms with Gasteiger partial charge < -0.3 is 9.80 Å². The van der Waals surface area contributed by atoms with Gasteiger partial charge in [-0.3, -0.25) is 4.79 Å². The summed E-state index contributed by atoms with van der Waals surface area (Å²) in [5.41, 5.74) is 3.49. The van der Waals surface area contributed by atoms with Gasteiger partial charge in [0.2, 0.25) is 5.91 Å². The van der Waals surface area contributed by atoms with Gasteiger partial charge in [0.15, 0.2) is 0 Å². The summed E-state index contributed by atoms with van der Waals surface area (Å²) < 4.78 is 0. The average molecular weight is 322 g/mol. The molecule has 3 rings (SSSR count). The van der Waals surface area contributed by atoms with Crippen LogP contribution in [0.2, 0.25) is 0 Å². The monoisotopic (exact) mass is 322 g/mol. The van der Waals surface area contributed by atoms with E-state index >= 15 is 0 Å². The van der Waals surface area contributed by atoms with E-state index in [2.05, 4.69) is 43.0 Å². The zero-order chi connectivity index (χ0) is 17.1. The number of carbonyl (C=O) groups is 1. The summed E-state index contributed by atoms with van der Waals surface area (Å²) in [6.07, 6.45) is 2.07. The van der Waals surface area contributed by atoms with Crippen molar-refractivity contribution in [2.75, 3.05) is 16.3 Å². The minimum atomic E-state index is 0.0872. The van der Waals surface area contributed by atoms with Crippen LogP contribution in [0.25, 0.3) is 0 Å². The molecule has 2 aromatic carbocycles. The van der Waals surface area contributed by atoms with E-state index in [-0.39, 0.29) is 11.9 Å². The van der Waals surface area contributed by atoms with Crippen LogP contribution in [0.3, 0.4) is 0 Å². The van der Waals surface area contributed by atoms with Crippen molar-refractivity contribution in [2.45, 2.75) is 45.7 Å². The maximum atomic E-state index is 12.5. The molecule has 1 aliphatic rings. The maximum absolute atomic E-state index is 12.5. The van der Waals surface area contributed by atoms with Gasteiger partial charge in [0.05, 0.1) is 6.04 Å². The van der Waals surface area contributed by atoms with Crippen LogP contribution in [0.1, 0.15) is 45.2 Å². The Morgan fingerprint density at radius 3 is 2.46 bits per heavy atom. The number of hydrogen-bond donors (Lipinski definition) is 0. The first-order chi connectivity index (χ1) is 11.6. The third-order valence-corrected chi connectivity index (χ3v) is 4.85. The van der Waals surface area contributed by atoms with Gasteiger partial charge in [0.1, 0.15) is 0 Å². The fourth-order valence-corrected chi connectivity index (χ4v) is 3.84. The highest BCUT2D eigenvalue weighted by atomic mass is 16.2. The minimum Gasteiger partial charge on any atom is -0.368 e. The molecule has 1 heterocycles. The molecule has 0 spiro atoms. The van der Waals surface area contributed by atoms with Crippen LogP contribution in [-0.2, 0) is 4.79 Å². The molecule has 2 unspecified atom stereocenters. The number of benzene rings is 2. The molecule has 0 saturated heterocycles. The summed E-state index contributed by atoms with van der Waals surface area (Å²) in [5, 5.41) is 0. The predicted molar refractivity (Wildman–Crippen MR) is 101 cm³/mol. The van der Waals surface area contributed by atoms with Gasteiger partial charge >= 0.3 is 0 Å². The highest BCUT2D eigenvalue weighted by Gasteiger charge is 2.34. The van der Waals surface area contributed by atoms with Crippen molar-refractivity contribution in [3.05, 3.63) is 60.2 Å². The first-order valence-corrected chi connectivity index (χ1v) is 8.84. The lowest BCUT2D eigenvalue weighted by atomic mass is 9.90. The van der Waals surface area contributed by atoms with Gasteiger partial charge in [-0.05, 0) is 43.5 Å². The molecule has 0 N–H and O–H groups in total. The first kappa shape index (κ1) is 16.6. The molecule has 2 atom stereocenters. The highest BCUT2D eigenvalue weighted by molar-refractivity contribution is 5.92. The van der Waals surface area contributed by atoms with E-state index in [4.69, 9.17) is 0 Å². The number of hydrogen-bond acceptors (Lipinski definition) is 2. The Balaban J connectivity index is 2.06. The number of anilines is 2. The van der Waals surface area contributed by atoms with Crippen molar-refractivity contribution in [3.8, 4) is 0 Å². The molecule has 0 radical (unpaired) electrons. The SMILES string of the molecule is CCCN1c2ccccc2C(N(C(C)=O)c2ccccc2)CC1C. The van der Waals surface area contributed by atoms with E-state index in [1.807, 2.05) is 35.2 Å². The number of fused-ring (bicyclic) bond motifs is 1. The average Bonchev–Trinajstić information content (AvgIpc) is 2.59. The van der Waals surface area contributed by atoms with E-state index in [1.165, 1.54) is 11.3 Å². The van der Waals surface area contributed by atoms with Gasteiger partial charge in [-0.25, -0.2) is 0 Å². The summed E-state index contributed by atoms with van der Waals surface area (Å²) in [6, 6.07) is 19.1. The molecule has 3 heteroatoms. The fourth-order valence-electron chi connectivity index (χ4n) is 3.84. The van der Waals surface area contributed by atoms with Gasteiger partial charge in [-0.15, -0.1) is 0 Å². The Kier molecular flexibility index (Phi) is 4.89. The lowest BCUT2D eigenvalue weighted by Crippen LogP contribution is -2.45. The number of nitrogens with zero attached hydrogens (tertiary/aromatic N) is 2. The molecular formula is C21H26N2O. The summed E-state index contributed by atoms with van der Waals surface area (Å²) in [6.45, 7) is 7.20. The third-order valence-electron chi connectivity index (χ3n) is 4.85. The molecule has 0 aromatic heterocycles. The van der Waals surface area contributed by atoms with Gasteiger partial charge in [0.25, 0.3) is 0 Å². The van der Waals surface area contributed by atoms with Crippen molar-refractivity contribution < 1.29 is 4.79 Å². The normalized spacial score (nSPS) is 19.7. The van der Waals surface area contributed by atoms with Crippen LogP contribution in [0, 0.1) is 0 Å². The largest absolute Gasteiger partial charge is 0.368 e. The van der Waals surface area contributed by atoms with E-state index in [0.717, 1.165) is 25.1 Å². The van der Waals surface area contributed by atoms with Gasteiger partial charge in [-0.1, -0.05) is 43.3 Å². The lowest BCUT2D eigenvalue weighted by molar-refractivity contribution is -0.117. The second-order valence-electron chi connectivity index (χ2n) is 6.58. The Morgan fingerprint density at radius 2 is 1.79 bits per heavy atom. The molecule has 126 valence electrons. The van der Waals surface area contributed by atoms with Crippen LogP contribution >= 0.6 is 0 Å². The highest BCUT2D eigenvalue weighted by Crippen LogP contribution is 2.42. The van der Waals surface area contributed by atoms with E-state index in [0.29, 0.717) is 6.04 Å². The summed E-state index contributed by atoms with van der Waals surface area (Å²) >= 11 is 0. The predicted octanol–water partition coefficient (Wildman–Crippen LogP) is 4.79. The van der Waals surface area contributed by atoms with Crippen molar-refractivity contribution in [1.82, 2.24) is 0 Å². The smallest absolute Gasteiger partial charge is 0.224 e. The van der Waals surface area contributed by atoms with Crippen molar-refractivity contribution in [3.63, 3.8) is 0 Å². The molecular weight excluding hydrogens is 296 g/mol. The van der Waals surface area contributed by atoms with Crippen LogP contribution in [0.4, 0.5) is 11.4 Å². The van der Waals surface area contributed by atoms with E-state index < -0.39 is 0 Å². The maximum Gasteiger partial charge on any atom is 0.224 e. The molecule has 0 saturated carbocycles. The second-order valence-corrected chi connectivity index (χ2v) is 6.58. The van der Waals surface area contributed by atoms with E-state index in [9.17, 15) is 4.79 Å². The topological polar surface area (TPSA) is 23.6 Å². The molecule has 0 fully saturated rings. The molecule has 0 bridgehead atoms. The Labute approximate surface area is 144 Å². The first-order valence-electron chi connectivity index (χ1n) is 8.84. The number of para-hydroxylation sites is 2. The molecule has 1 amide bonds. The molecule has 24 heavy (non-hydrogen) atoms. The van der Waals surface area contributed by atoms with Crippen LogP contribution in [-0.4, -0.2) is 18.5 Å². The Hall–Kier alpha value is -2.29. The zero-order valence-corrected chi connectivity index (χ0v) is 14.8. The Bertz CT molecular complexity index is 698. The second kappa shape index (κ2) is 7.08. The summed E-state index contributed by atoms with van der Waals surface area (Å²) in [5.74, 6) is 0.0946. The van der Waals surface area contributed by atoms with Crippen molar-refractivity contribution in [2.24, 2.45) is 0 Å². The zero-order valence-electron chi connectivity index (χ0n) is 14.8. The van der Waals surface area contributed by atoms with Crippen molar-refractivity contribution >= 4 is 17.3 Å². The van der Waals surface area contributed by atoms with Gasteiger partial charge in [-0.2, -0.15) is 0 Å². The summed E-state index contributed by atoms with van der Waals surface area (Å²) in [4.78, 5) is 16.9. The fraction of sp³-hybridized carbons (Fsp3) is 0.381. The molecule has 0 aliphatic carbocycles. The Morgan fingerprint density at radius 1 is 1.12 bits per heavy atom. The third kappa shape index (κ3) is 3.03. The quantitative estimate of drug-likeness (QED) is 0.808. The molecule has 2 aromatic rings. The van der Waals surface area contributed by atoms with Crippen LogP contribution < -0.4 is 9.80 Å². The van der Waals surface area contributed by atoms with Crippen LogP contribution in [0.15, 0.2) is 54.6 Å². The number of rotatable bonds is 4. The number of amides is 1. The van der Waals surface area contributed by atoms with Crippen LogP contribution in [0.5, 0.6) is 0 Å². The minimum absolute atomic E-state index is 0.0872. The summed E-state index contributed by atoms with van der Waals surface area (Å²) in [7, 11) is 0. The lowest BCUT2D eigenvalue weighted by Gasteiger charge is -2.44. The number of carbonyl (C=O) groups excluding carboxylic acids is 1. The van der Waals surface area contributed by atoms with Crippen molar-refractivity contribution in [1.29, 1.82) is 0 Å². The van der Waals surface area contributed by atoms with Gasteiger partial charge in [0, 0.05) is 30.9 Å². The molecule has 1 aliphatic heterocycles. The molecule has 3 nitrogen and oxygen atoms in total. The van der Waals surface area contributed by atoms with E-state index in [1.54, 1.807) is 6.92 Å².